The number of benzene rings is 1. The molecule has 1 amide bonds. The van der Waals surface area contributed by atoms with Crippen LogP contribution in [0.5, 0.6) is 0 Å². The highest BCUT2D eigenvalue weighted by atomic mass is 35.5. The minimum Gasteiger partial charge on any atom is -0.399 e. The van der Waals surface area contributed by atoms with Gasteiger partial charge in [-0.2, -0.15) is 0 Å². The summed E-state index contributed by atoms with van der Waals surface area (Å²) < 4.78 is 0. The molecule has 2 rings (SSSR count). The second kappa shape index (κ2) is 6.39. The summed E-state index contributed by atoms with van der Waals surface area (Å²) in [6.07, 6.45) is 2.59. The standard InChI is InChI=1S/C15H16ClN3O/c1-2-10-4-3-7-18-14(10)9-19-15(20)12-8-11(17)5-6-13(12)16/h3-8H,2,9,17H2,1H3,(H,19,20). The van der Waals surface area contributed by atoms with Gasteiger partial charge in [0, 0.05) is 11.9 Å². The van der Waals surface area contributed by atoms with Gasteiger partial charge in [-0.15, -0.1) is 0 Å². The predicted octanol–water partition coefficient (Wildman–Crippen LogP) is 2.81. The number of halogens is 1. The van der Waals surface area contributed by atoms with Crippen LogP contribution in [0, 0.1) is 0 Å². The van der Waals surface area contributed by atoms with Crippen molar-refractivity contribution in [3.05, 3.63) is 58.4 Å². The molecule has 0 fully saturated rings. The Morgan fingerprint density at radius 3 is 2.95 bits per heavy atom. The maximum atomic E-state index is 12.1. The lowest BCUT2D eigenvalue weighted by Gasteiger charge is -2.09. The number of carbonyl (C=O) groups is 1. The van der Waals surface area contributed by atoms with E-state index in [0.29, 0.717) is 22.8 Å². The van der Waals surface area contributed by atoms with E-state index < -0.39 is 0 Å². The molecule has 0 aliphatic heterocycles. The maximum Gasteiger partial charge on any atom is 0.253 e. The van der Waals surface area contributed by atoms with Crippen LogP contribution in [-0.2, 0) is 13.0 Å². The fourth-order valence-corrected chi connectivity index (χ4v) is 2.13. The van der Waals surface area contributed by atoms with E-state index in [9.17, 15) is 4.79 Å². The number of hydrogen-bond acceptors (Lipinski definition) is 3. The predicted molar refractivity (Wildman–Crippen MR) is 80.6 cm³/mol. The Labute approximate surface area is 123 Å². The average Bonchev–Trinajstić information content (AvgIpc) is 2.47. The molecule has 2 aromatic rings. The number of nitrogen functional groups attached to an aromatic ring is 1. The highest BCUT2D eigenvalue weighted by Crippen LogP contribution is 2.18. The molecule has 1 heterocycles. The van der Waals surface area contributed by atoms with Gasteiger partial charge in [-0.3, -0.25) is 9.78 Å². The number of nitrogens with two attached hydrogens (primary N) is 1. The molecule has 104 valence electrons. The van der Waals surface area contributed by atoms with Crippen LogP contribution in [0.25, 0.3) is 0 Å². The number of nitrogens with one attached hydrogen (secondary N) is 1. The first-order chi connectivity index (χ1) is 9.61. The summed E-state index contributed by atoms with van der Waals surface area (Å²) in [4.78, 5) is 16.4. The number of hydrogen-bond donors (Lipinski definition) is 2. The van der Waals surface area contributed by atoms with E-state index in [1.807, 2.05) is 12.1 Å². The van der Waals surface area contributed by atoms with E-state index in [4.69, 9.17) is 17.3 Å². The van der Waals surface area contributed by atoms with Crippen molar-refractivity contribution < 1.29 is 4.79 Å². The maximum absolute atomic E-state index is 12.1. The summed E-state index contributed by atoms with van der Waals surface area (Å²) in [5.41, 5.74) is 8.53. The van der Waals surface area contributed by atoms with Gasteiger partial charge in [0.2, 0.25) is 0 Å². The van der Waals surface area contributed by atoms with E-state index in [1.54, 1.807) is 24.4 Å². The van der Waals surface area contributed by atoms with Gasteiger partial charge in [0.1, 0.15) is 0 Å². The van der Waals surface area contributed by atoms with Crippen molar-refractivity contribution in [2.24, 2.45) is 0 Å². The molecule has 0 bridgehead atoms. The number of aryl methyl sites for hydroxylation is 1. The molecule has 0 spiro atoms. The molecule has 4 nitrogen and oxygen atoms in total. The fraction of sp³-hybridized carbons (Fsp3) is 0.200. The molecule has 0 saturated heterocycles. The molecule has 0 radical (unpaired) electrons. The van der Waals surface area contributed by atoms with Gasteiger partial charge < -0.3 is 11.1 Å². The summed E-state index contributed by atoms with van der Waals surface area (Å²) in [5.74, 6) is -0.255. The van der Waals surface area contributed by atoms with E-state index in [1.165, 1.54) is 0 Å². The lowest BCUT2D eigenvalue weighted by Crippen LogP contribution is -2.24. The Morgan fingerprint density at radius 2 is 2.20 bits per heavy atom. The SMILES string of the molecule is CCc1cccnc1CNC(=O)c1cc(N)ccc1Cl. The highest BCUT2D eigenvalue weighted by molar-refractivity contribution is 6.34. The number of rotatable bonds is 4. The normalized spacial score (nSPS) is 10.3. The number of carbonyl (C=O) groups excluding carboxylic acids is 1. The molecule has 0 aliphatic rings. The Balaban J connectivity index is 2.11. The first kappa shape index (κ1) is 14.3. The fourth-order valence-electron chi connectivity index (χ4n) is 1.93. The third-order valence-corrected chi connectivity index (χ3v) is 3.35. The van der Waals surface area contributed by atoms with Crippen LogP contribution in [-0.4, -0.2) is 10.9 Å². The van der Waals surface area contributed by atoms with Crippen LogP contribution in [0.4, 0.5) is 5.69 Å². The van der Waals surface area contributed by atoms with Crippen molar-refractivity contribution in [1.29, 1.82) is 0 Å². The van der Waals surface area contributed by atoms with Crippen molar-refractivity contribution in [3.63, 3.8) is 0 Å². The smallest absolute Gasteiger partial charge is 0.253 e. The van der Waals surface area contributed by atoms with Gasteiger partial charge in [0.25, 0.3) is 5.91 Å². The lowest BCUT2D eigenvalue weighted by molar-refractivity contribution is 0.0950. The second-order valence-corrected chi connectivity index (χ2v) is 4.79. The van der Waals surface area contributed by atoms with E-state index >= 15 is 0 Å². The van der Waals surface area contributed by atoms with Crippen LogP contribution in [0.15, 0.2) is 36.5 Å². The average molecular weight is 290 g/mol. The molecule has 0 atom stereocenters. The van der Waals surface area contributed by atoms with Gasteiger partial charge in [-0.05, 0) is 36.2 Å². The van der Waals surface area contributed by atoms with Crippen molar-refractivity contribution >= 4 is 23.2 Å². The second-order valence-electron chi connectivity index (χ2n) is 4.38. The van der Waals surface area contributed by atoms with Gasteiger partial charge in [0.05, 0.1) is 22.8 Å². The summed E-state index contributed by atoms with van der Waals surface area (Å²) in [5, 5.41) is 3.20. The van der Waals surface area contributed by atoms with Gasteiger partial charge in [-0.1, -0.05) is 24.6 Å². The molecular weight excluding hydrogens is 274 g/mol. The number of pyridine rings is 1. The lowest BCUT2D eigenvalue weighted by atomic mass is 10.1. The van der Waals surface area contributed by atoms with Crippen LogP contribution in [0.3, 0.4) is 0 Å². The Morgan fingerprint density at radius 1 is 1.40 bits per heavy atom. The summed E-state index contributed by atoms with van der Waals surface area (Å²) >= 11 is 6.00. The van der Waals surface area contributed by atoms with Crippen molar-refractivity contribution in [3.8, 4) is 0 Å². The Bertz CT molecular complexity index is 628. The van der Waals surface area contributed by atoms with Gasteiger partial charge in [-0.25, -0.2) is 0 Å². The molecular formula is C15H16ClN3O. The zero-order chi connectivity index (χ0) is 14.5. The van der Waals surface area contributed by atoms with Crippen LogP contribution < -0.4 is 11.1 Å². The highest BCUT2D eigenvalue weighted by Gasteiger charge is 2.11. The Hall–Kier alpha value is -2.07. The quantitative estimate of drug-likeness (QED) is 0.851. The zero-order valence-corrected chi connectivity index (χ0v) is 11.9. The first-order valence-electron chi connectivity index (χ1n) is 6.37. The van der Waals surface area contributed by atoms with E-state index in [0.717, 1.165) is 17.7 Å². The molecule has 0 saturated carbocycles. The van der Waals surface area contributed by atoms with Crippen LogP contribution in [0.2, 0.25) is 5.02 Å². The third-order valence-electron chi connectivity index (χ3n) is 3.02. The number of nitrogens with zero attached hydrogens (tertiary/aromatic N) is 1. The summed E-state index contributed by atoms with van der Waals surface area (Å²) in [6.45, 7) is 2.42. The Kier molecular flexibility index (Phi) is 4.58. The minimum absolute atomic E-state index is 0.255. The zero-order valence-electron chi connectivity index (χ0n) is 11.2. The van der Waals surface area contributed by atoms with E-state index in [2.05, 4.69) is 17.2 Å². The molecule has 0 aliphatic carbocycles. The molecule has 0 unspecified atom stereocenters. The largest absolute Gasteiger partial charge is 0.399 e. The van der Waals surface area contributed by atoms with Gasteiger partial charge >= 0.3 is 0 Å². The van der Waals surface area contributed by atoms with Crippen molar-refractivity contribution in [1.82, 2.24) is 10.3 Å². The summed E-state index contributed by atoms with van der Waals surface area (Å²) in [7, 11) is 0. The van der Waals surface area contributed by atoms with Crippen molar-refractivity contribution in [2.45, 2.75) is 19.9 Å². The minimum atomic E-state index is -0.255. The topological polar surface area (TPSA) is 68.0 Å². The van der Waals surface area contributed by atoms with E-state index in [-0.39, 0.29) is 5.91 Å². The molecule has 3 N–H and O–H groups in total. The first-order valence-corrected chi connectivity index (χ1v) is 6.75. The van der Waals surface area contributed by atoms with Crippen molar-refractivity contribution in [2.75, 3.05) is 5.73 Å². The number of anilines is 1. The third kappa shape index (κ3) is 3.27. The molecule has 1 aromatic carbocycles. The number of amides is 1. The van der Waals surface area contributed by atoms with Gasteiger partial charge in [0.15, 0.2) is 0 Å². The molecule has 5 heteroatoms. The molecule has 20 heavy (non-hydrogen) atoms. The van der Waals surface area contributed by atoms with Crippen LogP contribution in [0.1, 0.15) is 28.5 Å². The number of aromatic nitrogens is 1. The summed E-state index contributed by atoms with van der Waals surface area (Å²) in [6, 6.07) is 8.73. The van der Waals surface area contributed by atoms with Crippen LogP contribution >= 0.6 is 11.6 Å². The monoisotopic (exact) mass is 289 g/mol. The molecule has 1 aromatic heterocycles.